The Hall–Kier alpha value is -3.87. The molecule has 1 amide bonds. The lowest BCUT2D eigenvalue weighted by Gasteiger charge is -2.38. The smallest absolute Gasteiger partial charge is 0.318 e. The van der Waals surface area contributed by atoms with Crippen molar-refractivity contribution in [3.63, 3.8) is 0 Å². The molecule has 226 valence electrons. The molecule has 42 heavy (non-hydrogen) atoms. The van der Waals surface area contributed by atoms with E-state index in [1.165, 1.54) is 11.1 Å². The zero-order chi connectivity index (χ0) is 30.3. The van der Waals surface area contributed by atoms with Crippen LogP contribution in [0.15, 0.2) is 18.5 Å². The minimum Gasteiger partial charge on any atom is -0.462 e. The van der Waals surface area contributed by atoms with Crippen LogP contribution >= 0.6 is 0 Å². The van der Waals surface area contributed by atoms with Crippen LogP contribution in [-0.4, -0.2) is 96.8 Å². The van der Waals surface area contributed by atoms with Gasteiger partial charge in [-0.2, -0.15) is 9.97 Å². The monoisotopic (exact) mass is 586 g/mol. The van der Waals surface area contributed by atoms with Crippen molar-refractivity contribution in [2.75, 3.05) is 68.5 Å². The van der Waals surface area contributed by atoms with Gasteiger partial charge in [0.2, 0.25) is 0 Å². The number of amides is 1. The number of nitrogens with two attached hydrogens (primary N) is 1. The number of ether oxygens (including phenoxy) is 1. The Morgan fingerprint density at radius 2 is 1.93 bits per heavy atom. The van der Waals surface area contributed by atoms with E-state index in [2.05, 4.69) is 11.5 Å². The molecule has 0 unspecified atom stereocenters. The highest BCUT2D eigenvalue weighted by atomic mass is 19.3. The van der Waals surface area contributed by atoms with Gasteiger partial charge in [-0.25, -0.2) is 13.2 Å². The van der Waals surface area contributed by atoms with Gasteiger partial charge in [-0.05, 0) is 44.5 Å². The minimum atomic E-state index is -2.77. The molecule has 1 aromatic heterocycles. The molecule has 5 rings (SSSR count). The molecule has 0 spiro atoms. The van der Waals surface area contributed by atoms with Crippen LogP contribution < -0.4 is 20.3 Å². The molecular formula is C29H37F3N8O2. The highest BCUT2D eigenvalue weighted by molar-refractivity contribution is 5.95. The second-order valence-corrected chi connectivity index (χ2v) is 11.4. The number of halogens is 3. The molecule has 0 aliphatic carbocycles. The van der Waals surface area contributed by atoms with Crippen LogP contribution in [0.25, 0.3) is 0 Å². The first-order valence-corrected chi connectivity index (χ1v) is 14.0. The van der Waals surface area contributed by atoms with Crippen molar-refractivity contribution in [1.82, 2.24) is 19.8 Å². The van der Waals surface area contributed by atoms with Gasteiger partial charge in [0.25, 0.3) is 11.8 Å². The molecule has 3 aliphatic heterocycles. The molecule has 0 bridgehead atoms. The zero-order valence-electron chi connectivity index (χ0n) is 24.2. The third-order valence-corrected chi connectivity index (χ3v) is 8.51. The van der Waals surface area contributed by atoms with Crippen LogP contribution in [-0.2, 0) is 17.8 Å². The number of aryl methyl sites for hydroxylation is 1. The molecule has 1 atom stereocenters. The number of nitrogen functional groups attached to an aromatic ring is 1. The Balaban J connectivity index is 1.46. The summed E-state index contributed by atoms with van der Waals surface area (Å²) < 4.78 is 47.4. The molecule has 2 saturated heterocycles. The molecule has 2 fully saturated rings. The number of nitrogens with zero attached hydrogens (tertiary/aromatic N) is 6. The quantitative estimate of drug-likeness (QED) is 0.289. The van der Waals surface area contributed by atoms with Crippen LogP contribution in [0.5, 0.6) is 6.01 Å². The summed E-state index contributed by atoms with van der Waals surface area (Å²) in [5.41, 5.74) is 12.1. The number of benzene rings is 1. The van der Waals surface area contributed by atoms with E-state index in [9.17, 15) is 18.0 Å². The van der Waals surface area contributed by atoms with Crippen molar-refractivity contribution in [3.8, 4) is 6.01 Å². The van der Waals surface area contributed by atoms with Gasteiger partial charge in [-0.3, -0.25) is 9.69 Å². The minimum absolute atomic E-state index is 0.0143. The van der Waals surface area contributed by atoms with E-state index >= 15 is 0 Å². The maximum Gasteiger partial charge on any atom is 0.318 e. The summed E-state index contributed by atoms with van der Waals surface area (Å²) in [6.45, 7) is 9.30. The average molecular weight is 587 g/mol. The predicted molar refractivity (Wildman–Crippen MR) is 156 cm³/mol. The number of likely N-dealkylation sites (N-methyl/N-ethyl adjacent to an activating group) is 1. The summed E-state index contributed by atoms with van der Waals surface area (Å²) >= 11 is 0. The number of carbonyl (C=O) groups is 1. The predicted octanol–water partition coefficient (Wildman–Crippen LogP) is 3.09. The fourth-order valence-corrected chi connectivity index (χ4v) is 6.12. The largest absolute Gasteiger partial charge is 0.462 e. The number of aromatic nitrogens is 2. The van der Waals surface area contributed by atoms with Gasteiger partial charge in [-0.1, -0.05) is 6.58 Å². The van der Waals surface area contributed by atoms with Crippen LogP contribution in [0.1, 0.15) is 34.4 Å². The van der Waals surface area contributed by atoms with Gasteiger partial charge >= 0.3 is 6.01 Å². The summed E-state index contributed by atoms with van der Waals surface area (Å²) in [6.07, 6.45) is 1.58. The van der Waals surface area contributed by atoms with Crippen molar-refractivity contribution in [3.05, 3.63) is 46.4 Å². The van der Waals surface area contributed by atoms with E-state index < -0.39 is 23.7 Å². The Kier molecular flexibility index (Phi) is 8.06. The summed E-state index contributed by atoms with van der Waals surface area (Å²) in [6, 6.07) is 1.49. The third-order valence-electron chi connectivity index (χ3n) is 8.51. The highest BCUT2D eigenvalue weighted by Gasteiger charge is 2.43. The molecule has 13 heteroatoms. The van der Waals surface area contributed by atoms with Gasteiger partial charge in [0.05, 0.1) is 24.5 Å². The number of anilines is 3. The van der Waals surface area contributed by atoms with Crippen molar-refractivity contribution in [1.29, 1.82) is 5.41 Å². The van der Waals surface area contributed by atoms with Gasteiger partial charge in [0, 0.05) is 68.2 Å². The third kappa shape index (κ3) is 5.74. The van der Waals surface area contributed by atoms with Crippen LogP contribution in [0, 0.1) is 19.3 Å². The Bertz CT molecular complexity index is 1410. The van der Waals surface area contributed by atoms with E-state index in [-0.39, 0.29) is 25.6 Å². The second-order valence-electron chi connectivity index (χ2n) is 11.4. The van der Waals surface area contributed by atoms with E-state index in [1.807, 2.05) is 24.8 Å². The molecule has 4 heterocycles. The first-order chi connectivity index (χ1) is 19.9. The number of hydrogen-bond acceptors (Lipinski definition) is 9. The summed E-state index contributed by atoms with van der Waals surface area (Å²) in [5.74, 6) is -3.81. The van der Waals surface area contributed by atoms with Crippen LogP contribution in [0.3, 0.4) is 0 Å². The number of hydrogen-bond donors (Lipinski definition) is 2. The van der Waals surface area contributed by atoms with E-state index in [0.29, 0.717) is 62.8 Å². The lowest BCUT2D eigenvalue weighted by Crippen LogP contribution is -2.49. The lowest BCUT2D eigenvalue weighted by atomic mass is 9.97. The zero-order valence-corrected chi connectivity index (χ0v) is 24.2. The normalized spacial score (nSPS) is 20.4. The summed E-state index contributed by atoms with van der Waals surface area (Å²) in [4.78, 5) is 28.8. The summed E-state index contributed by atoms with van der Waals surface area (Å²) in [7, 11) is 1.65. The van der Waals surface area contributed by atoms with Gasteiger partial charge in [-0.15, -0.1) is 0 Å². The van der Waals surface area contributed by atoms with Crippen LogP contribution in [0.4, 0.5) is 30.4 Å². The number of carbonyl (C=O) groups excluding carboxylic acids is 1. The van der Waals surface area contributed by atoms with E-state index in [1.54, 1.807) is 11.9 Å². The molecule has 0 radical (unpaired) electrons. The molecule has 0 saturated carbocycles. The fourth-order valence-electron chi connectivity index (χ4n) is 6.12. The number of piperazine rings is 1. The van der Waals surface area contributed by atoms with Crippen molar-refractivity contribution >= 4 is 29.3 Å². The number of nitrogens with one attached hydrogen (secondary N) is 1. The number of fused-ring (bicyclic) bond motifs is 1. The standard InChI is InChI=1S/C29H37F3N8O2/c1-17-11-23(34)22(13-33)25(18(17)2)40-6-5-21-24(14-40)35-28(42-15-20-12-29(31,32)16-37(20)4)36-26(21)38-7-9-39(10-8-38)27(41)19(3)30/h11,13,20,33H,3,5-10,12,14-16,34H2,1-2,4H3/t20-/m0/s1. The topological polar surface area (TPSA) is 115 Å². The fraction of sp³-hybridized carbons (Fsp3) is 0.517. The van der Waals surface area contributed by atoms with E-state index in [4.69, 9.17) is 25.8 Å². The Morgan fingerprint density at radius 1 is 1.21 bits per heavy atom. The molecule has 10 nitrogen and oxygen atoms in total. The maximum atomic E-state index is 14.0. The van der Waals surface area contributed by atoms with E-state index in [0.717, 1.165) is 28.1 Å². The van der Waals surface area contributed by atoms with Crippen molar-refractivity contribution < 1.29 is 22.7 Å². The van der Waals surface area contributed by atoms with Gasteiger partial charge in [0.1, 0.15) is 12.4 Å². The average Bonchev–Trinajstić information content (AvgIpc) is 3.23. The first-order valence-electron chi connectivity index (χ1n) is 14.0. The molecule has 3 aliphatic rings. The molecule has 1 aromatic carbocycles. The Labute approximate surface area is 243 Å². The lowest BCUT2D eigenvalue weighted by molar-refractivity contribution is -0.128. The number of rotatable bonds is 7. The van der Waals surface area contributed by atoms with Crippen molar-refractivity contribution in [2.45, 2.75) is 45.2 Å². The second kappa shape index (κ2) is 11.4. The number of alkyl halides is 2. The van der Waals surface area contributed by atoms with Gasteiger partial charge in [0.15, 0.2) is 5.83 Å². The first kappa shape index (κ1) is 29.6. The van der Waals surface area contributed by atoms with Crippen molar-refractivity contribution in [2.24, 2.45) is 0 Å². The number of likely N-dealkylation sites (tertiary alicyclic amines) is 1. The van der Waals surface area contributed by atoms with Gasteiger partial charge < -0.3 is 30.6 Å². The molecule has 2 aromatic rings. The Morgan fingerprint density at radius 3 is 2.55 bits per heavy atom. The van der Waals surface area contributed by atoms with Crippen LogP contribution in [0.2, 0.25) is 0 Å². The summed E-state index contributed by atoms with van der Waals surface area (Å²) in [5, 5.41) is 8.01. The SMILES string of the molecule is C=C(F)C(=O)N1CCN(c2nc(OC[C@@H]3CC(F)(F)CN3C)nc3c2CCN(c2c(C)c(C)cc(N)c2C=N)C3)CC1. The maximum absolute atomic E-state index is 14.0. The highest BCUT2D eigenvalue weighted by Crippen LogP contribution is 2.37. The molecular weight excluding hydrogens is 549 g/mol. The molecule has 3 N–H and O–H groups in total.